The second-order valence-electron chi connectivity index (χ2n) is 10.2. The molecule has 7 nitrogen and oxygen atoms in total. The third-order valence-electron chi connectivity index (χ3n) is 6.43. The van der Waals surface area contributed by atoms with Crippen LogP contribution in [0, 0.1) is 11.3 Å². The third kappa shape index (κ3) is 6.56. The van der Waals surface area contributed by atoms with Crippen molar-refractivity contribution in [2.45, 2.75) is 83.2 Å². The number of hydrogen-bond acceptors (Lipinski definition) is 6. The second-order valence-corrected chi connectivity index (χ2v) is 12.6. The summed E-state index contributed by atoms with van der Waals surface area (Å²) in [5.74, 6) is -0.0208. The average Bonchev–Trinajstić information content (AvgIpc) is 2.58. The minimum atomic E-state index is -3.21. The van der Waals surface area contributed by atoms with E-state index >= 15 is 0 Å². The van der Waals surface area contributed by atoms with Crippen molar-refractivity contribution in [3.63, 3.8) is 0 Å². The van der Waals surface area contributed by atoms with Crippen LogP contribution in [0.15, 0.2) is 0 Å². The first kappa shape index (κ1) is 24.4. The van der Waals surface area contributed by atoms with Gasteiger partial charge in [0.25, 0.3) is 0 Å². The van der Waals surface area contributed by atoms with Gasteiger partial charge in [-0.1, -0.05) is 13.8 Å². The Morgan fingerprint density at radius 2 is 1.83 bits per heavy atom. The van der Waals surface area contributed by atoms with E-state index < -0.39 is 26.3 Å². The lowest BCUT2D eigenvalue weighted by atomic mass is 9.75. The normalized spacial score (nSPS) is 29.1. The summed E-state index contributed by atoms with van der Waals surface area (Å²) in [4.78, 5) is 12.0. The van der Waals surface area contributed by atoms with Gasteiger partial charge < -0.3 is 19.5 Å². The fourth-order valence-corrected chi connectivity index (χ4v) is 6.38. The maximum absolute atomic E-state index is 12.7. The van der Waals surface area contributed by atoms with E-state index in [1.165, 1.54) is 6.26 Å². The van der Waals surface area contributed by atoms with E-state index in [0.29, 0.717) is 45.6 Å². The number of carbonyl (C=O) groups is 1. The van der Waals surface area contributed by atoms with Gasteiger partial charge in [0.1, 0.15) is 5.60 Å². The van der Waals surface area contributed by atoms with Crippen molar-refractivity contribution in [3.05, 3.63) is 0 Å². The van der Waals surface area contributed by atoms with Gasteiger partial charge in [0.05, 0.1) is 10.9 Å². The molecule has 1 amide bonds. The molecule has 0 spiro atoms. The van der Waals surface area contributed by atoms with Crippen LogP contribution in [0.2, 0.25) is 0 Å². The van der Waals surface area contributed by atoms with Crippen LogP contribution in [-0.4, -0.2) is 63.6 Å². The first-order valence-electron chi connectivity index (χ1n) is 10.6. The zero-order valence-corrected chi connectivity index (χ0v) is 19.7. The summed E-state index contributed by atoms with van der Waals surface area (Å²) in [7, 11) is -3.21. The molecule has 0 aromatic heterocycles. The first-order valence-corrected chi connectivity index (χ1v) is 12.5. The van der Waals surface area contributed by atoms with Crippen LogP contribution >= 0.6 is 0 Å². The van der Waals surface area contributed by atoms with Gasteiger partial charge in [-0.05, 0) is 64.2 Å². The summed E-state index contributed by atoms with van der Waals surface area (Å²) in [6, 6.07) is 0. The predicted molar refractivity (Wildman–Crippen MR) is 113 cm³/mol. The fourth-order valence-electron chi connectivity index (χ4n) is 4.65. The molecule has 2 heterocycles. The molecule has 2 fully saturated rings. The van der Waals surface area contributed by atoms with Crippen LogP contribution in [0.1, 0.15) is 66.7 Å². The molecule has 2 aliphatic heterocycles. The molecule has 2 saturated heterocycles. The minimum Gasteiger partial charge on any atom is -0.444 e. The quantitative estimate of drug-likeness (QED) is 0.691. The van der Waals surface area contributed by atoms with Gasteiger partial charge in [0.2, 0.25) is 0 Å². The van der Waals surface area contributed by atoms with Crippen LogP contribution in [0.3, 0.4) is 0 Å². The van der Waals surface area contributed by atoms with Crippen molar-refractivity contribution in [2.75, 3.05) is 32.6 Å². The summed E-state index contributed by atoms with van der Waals surface area (Å²) in [5.41, 5.74) is -0.629. The Labute approximate surface area is 176 Å². The molecule has 0 bridgehead atoms. The first-order chi connectivity index (χ1) is 13.3. The predicted octanol–water partition coefficient (Wildman–Crippen LogP) is 3.32. The van der Waals surface area contributed by atoms with E-state index in [1.54, 1.807) is 0 Å². The number of nitrogens with one attached hydrogen (secondary N) is 1. The van der Waals surface area contributed by atoms with Crippen molar-refractivity contribution >= 4 is 15.9 Å². The Morgan fingerprint density at radius 1 is 1.21 bits per heavy atom. The Hall–Kier alpha value is -0.860. The largest absolute Gasteiger partial charge is 0.444 e. The van der Waals surface area contributed by atoms with Crippen LogP contribution < -0.4 is 5.32 Å². The van der Waals surface area contributed by atoms with Crippen LogP contribution in [-0.2, 0) is 24.0 Å². The molecule has 170 valence electrons. The highest BCUT2D eigenvalue weighted by Gasteiger charge is 2.48. The van der Waals surface area contributed by atoms with Gasteiger partial charge >= 0.3 is 6.09 Å². The van der Waals surface area contributed by atoms with Gasteiger partial charge in [0.15, 0.2) is 9.84 Å². The number of hydrogen-bond donors (Lipinski definition) is 1. The summed E-state index contributed by atoms with van der Waals surface area (Å²) >= 11 is 0. The van der Waals surface area contributed by atoms with Gasteiger partial charge in [-0.25, -0.2) is 13.2 Å². The number of alkyl carbamates (subject to hydrolysis) is 1. The lowest BCUT2D eigenvalue weighted by molar-refractivity contribution is -0.0568. The zero-order valence-electron chi connectivity index (χ0n) is 18.9. The lowest BCUT2D eigenvalue weighted by Crippen LogP contribution is -2.50. The molecule has 3 atom stereocenters. The molecule has 1 N–H and O–H groups in total. The molecular formula is C21H39NO6S. The smallest absolute Gasteiger partial charge is 0.407 e. The molecule has 0 radical (unpaired) electrons. The van der Waals surface area contributed by atoms with Gasteiger partial charge in [0, 0.05) is 32.6 Å². The molecule has 2 rings (SSSR count). The third-order valence-corrected chi connectivity index (χ3v) is 8.72. The van der Waals surface area contributed by atoms with Crippen molar-refractivity contribution in [3.8, 4) is 0 Å². The summed E-state index contributed by atoms with van der Waals surface area (Å²) in [6.45, 7) is 11.8. The Bertz CT molecular complexity index is 665. The molecular weight excluding hydrogens is 394 g/mol. The van der Waals surface area contributed by atoms with E-state index in [9.17, 15) is 13.2 Å². The van der Waals surface area contributed by atoms with E-state index in [4.69, 9.17) is 14.2 Å². The minimum absolute atomic E-state index is 0.0208. The van der Waals surface area contributed by atoms with E-state index in [0.717, 1.165) is 12.8 Å². The molecule has 0 aromatic rings. The number of sulfone groups is 1. The van der Waals surface area contributed by atoms with Crippen LogP contribution in [0.5, 0.6) is 0 Å². The Kier molecular flexibility index (Phi) is 7.66. The summed E-state index contributed by atoms with van der Waals surface area (Å²) in [5, 5.41) is 2.89. The molecule has 29 heavy (non-hydrogen) atoms. The SMILES string of the molecule is CC(CC1CC(C)(CNC(=O)OC(C)(C)C)CCO1)C1(S(C)(=O)=O)CCOCC1. The number of rotatable bonds is 6. The second kappa shape index (κ2) is 9.10. The number of amides is 1. The van der Waals surface area contributed by atoms with Crippen LogP contribution in [0.4, 0.5) is 4.79 Å². The molecule has 3 unspecified atom stereocenters. The molecule has 0 aliphatic carbocycles. The fraction of sp³-hybridized carbons (Fsp3) is 0.952. The van der Waals surface area contributed by atoms with Crippen molar-refractivity contribution in [1.82, 2.24) is 5.32 Å². The topological polar surface area (TPSA) is 90.9 Å². The van der Waals surface area contributed by atoms with Gasteiger partial charge in [-0.2, -0.15) is 0 Å². The molecule has 0 saturated carbocycles. The van der Waals surface area contributed by atoms with Gasteiger partial charge in [-0.15, -0.1) is 0 Å². The Balaban J connectivity index is 1.98. The maximum Gasteiger partial charge on any atom is 0.407 e. The maximum atomic E-state index is 12.7. The molecule has 0 aromatic carbocycles. The highest BCUT2D eigenvalue weighted by Crippen LogP contribution is 2.42. The van der Waals surface area contributed by atoms with Crippen molar-refractivity contribution < 1.29 is 27.4 Å². The number of carbonyl (C=O) groups excluding carboxylic acids is 1. The van der Waals surface area contributed by atoms with E-state index in [2.05, 4.69) is 12.2 Å². The van der Waals surface area contributed by atoms with Crippen LogP contribution in [0.25, 0.3) is 0 Å². The standard InChI is InChI=1S/C21H39NO6S/c1-16(21(29(6,24)25)8-10-26-11-9-21)13-17-14-20(5,7-12-27-17)15-22-18(23)28-19(2,3)4/h16-17H,7-15H2,1-6H3,(H,22,23). The lowest BCUT2D eigenvalue weighted by Gasteiger charge is -2.44. The molecule has 8 heteroatoms. The Morgan fingerprint density at radius 3 is 2.38 bits per heavy atom. The average molecular weight is 434 g/mol. The summed E-state index contributed by atoms with van der Waals surface area (Å²) < 4.78 is 41.3. The number of ether oxygens (including phenoxy) is 3. The van der Waals surface area contributed by atoms with Crippen molar-refractivity contribution in [2.24, 2.45) is 11.3 Å². The highest BCUT2D eigenvalue weighted by atomic mass is 32.2. The monoisotopic (exact) mass is 433 g/mol. The molecule has 2 aliphatic rings. The summed E-state index contributed by atoms with van der Waals surface area (Å²) in [6.07, 6.45) is 4.32. The zero-order chi connectivity index (χ0) is 21.9. The van der Waals surface area contributed by atoms with E-state index in [1.807, 2.05) is 27.7 Å². The van der Waals surface area contributed by atoms with Gasteiger partial charge in [-0.3, -0.25) is 0 Å². The van der Waals surface area contributed by atoms with E-state index in [-0.39, 0.29) is 17.4 Å². The highest BCUT2D eigenvalue weighted by molar-refractivity contribution is 7.92. The van der Waals surface area contributed by atoms with Crippen molar-refractivity contribution in [1.29, 1.82) is 0 Å².